The fraction of sp³-hybridized carbons (Fsp3) is 0.571. The summed E-state index contributed by atoms with van der Waals surface area (Å²) in [5.74, 6) is 0.823. The Hall–Kier alpha value is -1.06. The average molecular weight is 234 g/mol. The smallest absolute Gasteiger partial charge is 0.124 e. The quantitative estimate of drug-likeness (QED) is 0.822. The van der Waals surface area contributed by atoms with E-state index in [2.05, 4.69) is 0 Å². The van der Waals surface area contributed by atoms with Crippen molar-refractivity contribution in [2.45, 2.75) is 50.4 Å². The van der Waals surface area contributed by atoms with Crippen LogP contribution in [0.1, 0.15) is 42.9 Å². The zero-order chi connectivity index (χ0) is 11.8. The molecular formula is C14H18O3. The third-order valence-corrected chi connectivity index (χ3v) is 3.87. The fourth-order valence-electron chi connectivity index (χ4n) is 2.86. The maximum absolute atomic E-state index is 9.72. The van der Waals surface area contributed by atoms with Crippen LogP contribution >= 0.6 is 0 Å². The standard InChI is InChI=1S/C14H18O3/c15-12-7-4-9-8-10(5-6-11(9)12)17-14-3-1-2-13(14)16/h5-6,8,12-16H,1-4,7H2. The first-order valence-electron chi connectivity index (χ1n) is 6.39. The summed E-state index contributed by atoms with van der Waals surface area (Å²) >= 11 is 0. The van der Waals surface area contributed by atoms with Crippen LogP contribution in [0, 0.1) is 0 Å². The molecule has 2 aliphatic rings. The van der Waals surface area contributed by atoms with Gasteiger partial charge in [0.1, 0.15) is 11.9 Å². The van der Waals surface area contributed by atoms with E-state index in [-0.39, 0.29) is 18.3 Å². The van der Waals surface area contributed by atoms with Crippen molar-refractivity contribution in [3.05, 3.63) is 29.3 Å². The van der Waals surface area contributed by atoms with Crippen molar-refractivity contribution in [2.24, 2.45) is 0 Å². The molecule has 1 saturated carbocycles. The van der Waals surface area contributed by atoms with Crippen molar-refractivity contribution in [1.29, 1.82) is 0 Å². The molecule has 3 heteroatoms. The molecule has 0 spiro atoms. The van der Waals surface area contributed by atoms with Crippen LogP contribution in [0.4, 0.5) is 0 Å². The molecule has 3 rings (SSSR count). The van der Waals surface area contributed by atoms with Gasteiger partial charge in [-0.25, -0.2) is 0 Å². The molecule has 3 atom stereocenters. The second-order valence-corrected chi connectivity index (χ2v) is 5.07. The summed E-state index contributed by atoms with van der Waals surface area (Å²) in [6.45, 7) is 0. The number of aryl methyl sites for hydroxylation is 1. The van der Waals surface area contributed by atoms with E-state index in [0.717, 1.165) is 43.4 Å². The minimum absolute atomic E-state index is 0.0561. The summed E-state index contributed by atoms with van der Waals surface area (Å²) in [5, 5.41) is 19.4. The fourth-order valence-corrected chi connectivity index (χ4v) is 2.86. The largest absolute Gasteiger partial charge is 0.488 e. The number of hydrogen-bond donors (Lipinski definition) is 2. The molecule has 3 unspecified atom stereocenters. The molecule has 1 aromatic rings. The minimum Gasteiger partial charge on any atom is -0.488 e. The van der Waals surface area contributed by atoms with E-state index in [1.54, 1.807) is 0 Å². The number of hydrogen-bond acceptors (Lipinski definition) is 3. The molecule has 1 fully saturated rings. The van der Waals surface area contributed by atoms with Gasteiger partial charge in [0.2, 0.25) is 0 Å². The molecule has 1 aromatic carbocycles. The summed E-state index contributed by atoms with van der Waals surface area (Å²) in [5.41, 5.74) is 2.21. The average Bonchev–Trinajstić information content (AvgIpc) is 2.87. The SMILES string of the molecule is OC1CCc2cc(OC3CCCC3O)ccc21. The number of benzene rings is 1. The zero-order valence-corrected chi connectivity index (χ0v) is 9.80. The van der Waals surface area contributed by atoms with Gasteiger partial charge in [0.05, 0.1) is 12.2 Å². The van der Waals surface area contributed by atoms with Crippen LogP contribution in [-0.2, 0) is 6.42 Å². The van der Waals surface area contributed by atoms with E-state index < -0.39 is 0 Å². The summed E-state index contributed by atoms with van der Waals surface area (Å²) < 4.78 is 5.82. The van der Waals surface area contributed by atoms with Crippen molar-refractivity contribution >= 4 is 0 Å². The van der Waals surface area contributed by atoms with Gasteiger partial charge in [-0.3, -0.25) is 0 Å². The van der Waals surface area contributed by atoms with Crippen LogP contribution in [0.2, 0.25) is 0 Å². The number of ether oxygens (including phenoxy) is 1. The van der Waals surface area contributed by atoms with Crippen LogP contribution in [0.15, 0.2) is 18.2 Å². The van der Waals surface area contributed by atoms with E-state index in [9.17, 15) is 10.2 Å². The Labute approximate surface area is 101 Å². The highest BCUT2D eigenvalue weighted by atomic mass is 16.5. The van der Waals surface area contributed by atoms with Gasteiger partial charge >= 0.3 is 0 Å². The molecule has 2 aliphatic carbocycles. The molecule has 0 aliphatic heterocycles. The maximum Gasteiger partial charge on any atom is 0.124 e. The first-order valence-corrected chi connectivity index (χ1v) is 6.39. The maximum atomic E-state index is 9.72. The highest BCUT2D eigenvalue weighted by molar-refractivity contribution is 5.40. The number of aliphatic hydroxyl groups excluding tert-OH is 2. The number of fused-ring (bicyclic) bond motifs is 1. The van der Waals surface area contributed by atoms with Gasteiger partial charge in [-0.2, -0.15) is 0 Å². The molecule has 0 aromatic heterocycles. The van der Waals surface area contributed by atoms with E-state index in [4.69, 9.17) is 4.74 Å². The van der Waals surface area contributed by atoms with Gasteiger partial charge in [0, 0.05) is 0 Å². The van der Waals surface area contributed by atoms with Gasteiger partial charge in [-0.1, -0.05) is 6.07 Å². The van der Waals surface area contributed by atoms with Crippen LogP contribution < -0.4 is 4.74 Å². The predicted molar refractivity (Wildman–Crippen MR) is 64.0 cm³/mol. The molecule has 0 amide bonds. The van der Waals surface area contributed by atoms with Crippen molar-refractivity contribution in [1.82, 2.24) is 0 Å². The molecule has 2 N–H and O–H groups in total. The van der Waals surface area contributed by atoms with Crippen molar-refractivity contribution < 1.29 is 14.9 Å². The summed E-state index contributed by atoms with van der Waals surface area (Å²) in [4.78, 5) is 0. The third-order valence-electron chi connectivity index (χ3n) is 3.87. The molecule has 92 valence electrons. The van der Waals surface area contributed by atoms with Crippen molar-refractivity contribution in [3.63, 3.8) is 0 Å². The summed E-state index contributed by atoms with van der Waals surface area (Å²) in [6, 6.07) is 5.86. The Kier molecular flexibility index (Phi) is 2.81. The third kappa shape index (κ3) is 2.05. The monoisotopic (exact) mass is 234 g/mol. The molecule has 0 saturated heterocycles. The number of rotatable bonds is 2. The topological polar surface area (TPSA) is 49.7 Å². The van der Waals surface area contributed by atoms with Crippen LogP contribution in [-0.4, -0.2) is 22.4 Å². The second-order valence-electron chi connectivity index (χ2n) is 5.07. The minimum atomic E-state index is -0.325. The predicted octanol–water partition coefficient (Wildman–Crippen LogP) is 1.96. The van der Waals surface area contributed by atoms with Gasteiger partial charge in [-0.15, -0.1) is 0 Å². The van der Waals surface area contributed by atoms with Crippen LogP contribution in [0.5, 0.6) is 5.75 Å². The van der Waals surface area contributed by atoms with Gasteiger partial charge in [0.25, 0.3) is 0 Å². The van der Waals surface area contributed by atoms with E-state index in [1.807, 2.05) is 18.2 Å². The highest BCUT2D eigenvalue weighted by Crippen LogP contribution is 2.34. The lowest BCUT2D eigenvalue weighted by Gasteiger charge is -2.17. The Bertz CT molecular complexity index is 416. The molecule has 3 nitrogen and oxygen atoms in total. The zero-order valence-electron chi connectivity index (χ0n) is 9.80. The summed E-state index contributed by atoms with van der Waals surface area (Å²) in [7, 11) is 0. The molecule has 0 radical (unpaired) electrons. The Morgan fingerprint density at radius 2 is 2.00 bits per heavy atom. The Morgan fingerprint density at radius 1 is 1.12 bits per heavy atom. The summed E-state index contributed by atoms with van der Waals surface area (Å²) in [6.07, 6.45) is 3.85. The van der Waals surface area contributed by atoms with Crippen LogP contribution in [0.25, 0.3) is 0 Å². The normalized spacial score (nSPS) is 31.5. The van der Waals surface area contributed by atoms with Gasteiger partial charge in [0.15, 0.2) is 0 Å². The lowest BCUT2D eigenvalue weighted by Crippen LogP contribution is -2.25. The lowest BCUT2D eigenvalue weighted by molar-refractivity contribution is 0.0603. The van der Waals surface area contributed by atoms with E-state index in [0.29, 0.717) is 0 Å². The first kappa shape index (κ1) is 11.1. The second kappa shape index (κ2) is 4.31. The van der Waals surface area contributed by atoms with Gasteiger partial charge in [-0.05, 0) is 55.4 Å². The molecule has 0 bridgehead atoms. The van der Waals surface area contributed by atoms with E-state index >= 15 is 0 Å². The molecule has 17 heavy (non-hydrogen) atoms. The first-order chi connectivity index (χ1) is 8.24. The Balaban J connectivity index is 1.76. The van der Waals surface area contributed by atoms with Crippen LogP contribution in [0.3, 0.4) is 0 Å². The van der Waals surface area contributed by atoms with Crippen molar-refractivity contribution in [3.8, 4) is 5.75 Å². The number of aliphatic hydroxyl groups is 2. The molecular weight excluding hydrogens is 216 g/mol. The van der Waals surface area contributed by atoms with Gasteiger partial charge < -0.3 is 14.9 Å². The lowest BCUT2D eigenvalue weighted by atomic mass is 10.1. The van der Waals surface area contributed by atoms with Crippen molar-refractivity contribution in [2.75, 3.05) is 0 Å². The molecule has 0 heterocycles. The van der Waals surface area contributed by atoms with E-state index in [1.165, 1.54) is 5.56 Å². The highest BCUT2D eigenvalue weighted by Gasteiger charge is 2.27. The Morgan fingerprint density at radius 3 is 2.76 bits per heavy atom.